The van der Waals surface area contributed by atoms with Crippen molar-refractivity contribution in [3.05, 3.63) is 58.6 Å². The van der Waals surface area contributed by atoms with Gasteiger partial charge in [0.2, 0.25) is 0 Å². The standard InChI is InChI=1S/C20H21ClN2O2/c1-3-23-13-16(10-11-24)22-20(14-4-6-15(21)7-5-14)18-12-17(25-2)8-9-19(18)23/h4-9,11-12,16H,3,10,13H2,1-2H3. The van der Waals surface area contributed by atoms with Crippen molar-refractivity contribution in [2.24, 2.45) is 4.99 Å². The number of nitrogens with zero attached hydrogens (tertiary/aromatic N) is 2. The number of fused-ring (bicyclic) bond motifs is 1. The van der Waals surface area contributed by atoms with Crippen LogP contribution < -0.4 is 9.64 Å². The van der Waals surface area contributed by atoms with Gasteiger partial charge in [-0.1, -0.05) is 23.7 Å². The molecule has 0 aliphatic carbocycles. The van der Waals surface area contributed by atoms with E-state index in [1.807, 2.05) is 36.4 Å². The van der Waals surface area contributed by atoms with E-state index in [-0.39, 0.29) is 6.04 Å². The molecule has 0 radical (unpaired) electrons. The molecule has 0 aromatic heterocycles. The summed E-state index contributed by atoms with van der Waals surface area (Å²) < 4.78 is 5.42. The number of aliphatic imine (C=N–C) groups is 1. The van der Waals surface area contributed by atoms with Gasteiger partial charge >= 0.3 is 0 Å². The maximum Gasteiger partial charge on any atom is 0.122 e. The topological polar surface area (TPSA) is 41.9 Å². The maximum absolute atomic E-state index is 11.1. The first-order chi connectivity index (χ1) is 12.2. The molecule has 1 atom stereocenters. The summed E-state index contributed by atoms with van der Waals surface area (Å²) in [6, 6.07) is 13.6. The fourth-order valence-corrected chi connectivity index (χ4v) is 3.25. The fourth-order valence-electron chi connectivity index (χ4n) is 3.13. The van der Waals surface area contributed by atoms with Gasteiger partial charge in [0.1, 0.15) is 12.0 Å². The summed E-state index contributed by atoms with van der Waals surface area (Å²) in [6.07, 6.45) is 1.34. The van der Waals surface area contributed by atoms with E-state index in [9.17, 15) is 4.79 Å². The molecule has 1 aliphatic heterocycles. The highest BCUT2D eigenvalue weighted by Gasteiger charge is 2.24. The Hall–Kier alpha value is -2.33. The van der Waals surface area contributed by atoms with Crippen molar-refractivity contribution in [2.75, 3.05) is 25.1 Å². The molecule has 0 N–H and O–H groups in total. The number of anilines is 1. The Morgan fingerprint density at radius 2 is 2.04 bits per heavy atom. The van der Waals surface area contributed by atoms with E-state index in [1.165, 1.54) is 0 Å². The zero-order chi connectivity index (χ0) is 17.8. The number of likely N-dealkylation sites (N-methyl/N-ethyl adjacent to an activating group) is 1. The zero-order valence-corrected chi connectivity index (χ0v) is 15.2. The third kappa shape index (κ3) is 3.69. The van der Waals surface area contributed by atoms with Gasteiger partial charge < -0.3 is 14.4 Å². The minimum atomic E-state index is -0.0819. The van der Waals surface area contributed by atoms with Gasteiger partial charge in [0.05, 0.1) is 18.9 Å². The van der Waals surface area contributed by atoms with E-state index in [2.05, 4.69) is 17.9 Å². The Bertz CT molecular complexity index is 787. The Labute approximate surface area is 153 Å². The molecule has 1 unspecified atom stereocenters. The van der Waals surface area contributed by atoms with E-state index in [0.717, 1.165) is 41.1 Å². The smallest absolute Gasteiger partial charge is 0.122 e. The average molecular weight is 357 g/mol. The van der Waals surface area contributed by atoms with Crippen LogP contribution in [-0.2, 0) is 4.79 Å². The molecule has 0 fully saturated rings. The van der Waals surface area contributed by atoms with Gasteiger partial charge in [-0.2, -0.15) is 0 Å². The molecule has 1 heterocycles. The highest BCUT2D eigenvalue weighted by atomic mass is 35.5. The molecule has 2 aromatic rings. The number of carbonyl (C=O) groups excluding carboxylic acids is 1. The second-order valence-corrected chi connectivity index (χ2v) is 6.40. The number of benzodiazepines with no additional fused rings is 1. The second-order valence-electron chi connectivity index (χ2n) is 5.96. The molecule has 5 heteroatoms. The predicted octanol–water partition coefficient (Wildman–Crippen LogP) is 3.98. The zero-order valence-electron chi connectivity index (χ0n) is 14.4. The molecule has 25 heavy (non-hydrogen) atoms. The van der Waals surface area contributed by atoms with Gasteiger partial charge in [-0.3, -0.25) is 4.99 Å². The van der Waals surface area contributed by atoms with Crippen molar-refractivity contribution in [3.8, 4) is 5.75 Å². The van der Waals surface area contributed by atoms with Crippen molar-refractivity contribution in [3.63, 3.8) is 0 Å². The van der Waals surface area contributed by atoms with Crippen LogP contribution in [0.4, 0.5) is 5.69 Å². The van der Waals surface area contributed by atoms with E-state index >= 15 is 0 Å². The second kappa shape index (κ2) is 7.70. The number of hydrogen-bond donors (Lipinski definition) is 0. The summed E-state index contributed by atoms with van der Waals surface area (Å²) >= 11 is 6.04. The fraction of sp³-hybridized carbons (Fsp3) is 0.300. The van der Waals surface area contributed by atoms with Gasteiger partial charge in [0.25, 0.3) is 0 Å². The molecule has 0 bridgehead atoms. The van der Waals surface area contributed by atoms with Gasteiger partial charge in [-0.15, -0.1) is 0 Å². The number of methoxy groups -OCH3 is 1. The molecule has 0 saturated heterocycles. The highest BCUT2D eigenvalue weighted by molar-refractivity contribution is 6.30. The first kappa shape index (κ1) is 17.5. The van der Waals surface area contributed by atoms with Crippen molar-refractivity contribution in [1.82, 2.24) is 0 Å². The maximum atomic E-state index is 11.1. The van der Waals surface area contributed by atoms with Crippen molar-refractivity contribution in [1.29, 1.82) is 0 Å². The lowest BCUT2D eigenvalue weighted by Gasteiger charge is -2.25. The van der Waals surface area contributed by atoms with Crippen LogP contribution in [0.1, 0.15) is 24.5 Å². The van der Waals surface area contributed by atoms with E-state index < -0.39 is 0 Å². The number of carbonyl (C=O) groups is 1. The van der Waals surface area contributed by atoms with Gasteiger partial charge in [-0.05, 0) is 37.3 Å². The third-order valence-corrected chi connectivity index (χ3v) is 4.66. The molecular formula is C20H21ClN2O2. The minimum absolute atomic E-state index is 0.0819. The number of aldehydes is 1. The SMILES string of the molecule is CCN1CC(CC=O)N=C(c2ccc(Cl)cc2)c2cc(OC)ccc21. The molecule has 4 nitrogen and oxygen atoms in total. The molecule has 2 aromatic carbocycles. The molecule has 0 spiro atoms. The quantitative estimate of drug-likeness (QED) is 0.761. The van der Waals surface area contributed by atoms with Crippen molar-refractivity contribution >= 4 is 29.3 Å². The van der Waals surface area contributed by atoms with E-state index in [0.29, 0.717) is 18.0 Å². The Kier molecular flexibility index (Phi) is 5.39. The first-order valence-corrected chi connectivity index (χ1v) is 8.74. The summed E-state index contributed by atoms with van der Waals surface area (Å²) in [5.41, 5.74) is 3.96. The number of halogens is 1. The highest BCUT2D eigenvalue weighted by Crippen LogP contribution is 2.31. The molecule has 130 valence electrons. The van der Waals surface area contributed by atoms with Crippen LogP contribution in [0.5, 0.6) is 5.75 Å². The van der Waals surface area contributed by atoms with Crippen molar-refractivity contribution in [2.45, 2.75) is 19.4 Å². The average Bonchev–Trinajstić information content (AvgIpc) is 2.79. The van der Waals surface area contributed by atoms with Crippen LogP contribution >= 0.6 is 11.6 Å². The normalized spacial score (nSPS) is 16.7. The lowest BCUT2D eigenvalue weighted by Crippen LogP contribution is -2.31. The van der Waals surface area contributed by atoms with Crippen LogP contribution in [0.2, 0.25) is 5.02 Å². The Morgan fingerprint density at radius 3 is 2.68 bits per heavy atom. The lowest BCUT2D eigenvalue weighted by molar-refractivity contribution is -0.108. The van der Waals surface area contributed by atoms with Gasteiger partial charge in [0.15, 0.2) is 0 Å². The third-order valence-electron chi connectivity index (χ3n) is 4.41. The molecular weight excluding hydrogens is 336 g/mol. The van der Waals surface area contributed by atoms with Gasteiger partial charge in [-0.25, -0.2) is 0 Å². The first-order valence-electron chi connectivity index (χ1n) is 8.37. The van der Waals surface area contributed by atoms with Crippen molar-refractivity contribution < 1.29 is 9.53 Å². The molecule has 1 aliphatic rings. The number of rotatable bonds is 5. The van der Waals surface area contributed by atoms with Crippen LogP contribution in [0.25, 0.3) is 0 Å². The summed E-state index contributed by atoms with van der Waals surface area (Å²) in [7, 11) is 1.66. The van der Waals surface area contributed by atoms with Crippen LogP contribution in [0, 0.1) is 0 Å². The number of hydrogen-bond acceptors (Lipinski definition) is 4. The van der Waals surface area contributed by atoms with E-state index in [1.54, 1.807) is 7.11 Å². The molecule has 3 rings (SSSR count). The largest absolute Gasteiger partial charge is 0.497 e. The summed E-state index contributed by atoms with van der Waals surface area (Å²) in [4.78, 5) is 18.3. The number of ether oxygens (including phenoxy) is 1. The van der Waals surface area contributed by atoms with Gasteiger partial charge in [0, 0.05) is 41.3 Å². The Morgan fingerprint density at radius 1 is 1.28 bits per heavy atom. The van der Waals surface area contributed by atoms with Crippen LogP contribution in [0.3, 0.4) is 0 Å². The lowest BCUT2D eigenvalue weighted by atomic mass is 10.00. The number of benzene rings is 2. The van der Waals surface area contributed by atoms with E-state index in [4.69, 9.17) is 21.3 Å². The summed E-state index contributed by atoms with van der Waals surface area (Å²) in [5, 5.41) is 0.684. The minimum Gasteiger partial charge on any atom is -0.497 e. The monoisotopic (exact) mass is 356 g/mol. The van der Waals surface area contributed by atoms with Crippen LogP contribution in [-0.4, -0.2) is 38.2 Å². The summed E-state index contributed by atoms with van der Waals surface area (Å²) in [6.45, 7) is 3.67. The molecule has 0 amide bonds. The predicted molar refractivity (Wildman–Crippen MR) is 102 cm³/mol. The summed E-state index contributed by atoms with van der Waals surface area (Å²) in [5.74, 6) is 0.783. The van der Waals surface area contributed by atoms with Crippen LogP contribution in [0.15, 0.2) is 47.5 Å². The Balaban J connectivity index is 2.19. The molecule has 0 saturated carbocycles.